The van der Waals surface area contributed by atoms with Crippen LogP contribution in [0, 0.1) is 17.3 Å². The van der Waals surface area contributed by atoms with E-state index in [0.29, 0.717) is 5.41 Å². The molecule has 1 atom stereocenters. The molecule has 0 aromatic heterocycles. The molecule has 2 aliphatic carbocycles. The van der Waals surface area contributed by atoms with Gasteiger partial charge in [0.15, 0.2) is 0 Å². The van der Waals surface area contributed by atoms with Gasteiger partial charge in [0, 0.05) is 6.04 Å². The molecule has 2 aliphatic rings. The Labute approximate surface area is 108 Å². The van der Waals surface area contributed by atoms with Gasteiger partial charge in [-0.15, -0.1) is 0 Å². The standard InChI is InChI=1S/C16H31N/c1-16(2,3)14(12-17-15-9-10-15)11-13-7-5-4-6-8-13/h13-15,17H,4-12H2,1-3H3. The van der Waals surface area contributed by atoms with Crippen molar-refractivity contribution in [1.29, 1.82) is 0 Å². The van der Waals surface area contributed by atoms with Crippen molar-refractivity contribution in [2.75, 3.05) is 6.54 Å². The quantitative estimate of drug-likeness (QED) is 0.748. The first-order valence-electron chi connectivity index (χ1n) is 7.79. The Morgan fingerprint density at radius 1 is 1.00 bits per heavy atom. The molecule has 0 saturated heterocycles. The van der Waals surface area contributed by atoms with Crippen LogP contribution in [-0.2, 0) is 0 Å². The summed E-state index contributed by atoms with van der Waals surface area (Å²) < 4.78 is 0. The highest BCUT2D eigenvalue weighted by Gasteiger charge is 2.30. The average Bonchev–Trinajstić information content (AvgIpc) is 3.08. The van der Waals surface area contributed by atoms with E-state index in [1.54, 1.807) is 0 Å². The van der Waals surface area contributed by atoms with Gasteiger partial charge < -0.3 is 5.32 Å². The molecule has 2 rings (SSSR count). The summed E-state index contributed by atoms with van der Waals surface area (Å²) in [4.78, 5) is 0. The number of hydrogen-bond donors (Lipinski definition) is 1. The van der Waals surface area contributed by atoms with E-state index in [-0.39, 0.29) is 0 Å². The van der Waals surface area contributed by atoms with Crippen LogP contribution in [0.5, 0.6) is 0 Å². The highest BCUT2D eigenvalue weighted by Crippen LogP contribution is 2.36. The van der Waals surface area contributed by atoms with Crippen LogP contribution in [0.3, 0.4) is 0 Å². The van der Waals surface area contributed by atoms with E-state index >= 15 is 0 Å². The largest absolute Gasteiger partial charge is 0.314 e. The predicted octanol–water partition coefficient (Wildman–Crippen LogP) is 4.37. The van der Waals surface area contributed by atoms with Crippen molar-refractivity contribution in [2.24, 2.45) is 17.3 Å². The van der Waals surface area contributed by atoms with Crippen LogP contribution in [0.1, 0.15) is 72.1 Å². The minimum absolute atomic E-state index is 0.472. The zero-order chi connectivity index (χ0) is 12.3. The van der Waals surface area contributed by atoms with Crippen molar-refractivity contribution in [3.05, 3.63) is 0 Å². The van der Waals surface area contributed by atoms with Gasteiger partial charge in [-0.1, -0.05) is 52.9 Å². The molecule has 1 unspecified atom stereocenters. The van der Waals surface area contributed by atoms with E-state index < -0.39 is 0 Å². The average molecular weight is 237 g/mol. The Bertz CT molecular complexity index is 218. The van der Waals surface area contributed by atoms with Gasteiger partial charge in [-0.2, -0.15) is 0 Å². The molecule has 0 amide bonds. The van der Waals surface area contributed by atoms with E-state index in [1.807, 2.05) is 0 Å². The molecule has 0 radical (unpaired) electrons. The highest BCUT2D eigenvalue weighted by molar-refractivity contribution is 4.85. The van der Waals surface area contributed by atoms with Crippen LogP contribution >= 0.6 is 0 Å². The van der Waals surface area contributed by atoms with E-state index in [0.717, 1.165) is 17.9 Å². The molecule has 2 fully saturated rings. The second-order valence-electron chi connectivity index (χ2n) is 7.49. The fourth-order valence-corrected chi connectivity index (χ4v) is 3.16. The van der Waals surface area contributed by atoms with Gasteiger partial charge >= 0.3 is 0 Å². The van der Waals surface area contributed by atoms with Crippen LogP contribution in [0.2, 0.25) is 0 Å². The lowest BCUT2D eigenvalue weighted by Gasteiger charge is -2.35. The second-order valence-corrected chi connectivity index (χ2v) is 7.49. The van der Waals surface area contributed by atoms with Gasteiger partial charge in [-0.25, -0.2) is 0 Å². The Kier molecular flexibility index (Phi) is 4.52. The molecule has 0 bridgehead atoms. The van der Waals surface area contributed by atoms with Gasteiger partial charge in [0.2, 0.25) is 0 Å². The molecular formula is C16H31N. The lowest BCUT2D eigenvalue weighted by Crippen LogP contribution is -2.34. The summed E-state index contributed by atoms with van der Waals surface area (Å²) in [5.74, 6) is 1.89. The van der Waals surface area contributed by atoms with Crippen LogP contribution < -0.4 is 5.32 Å². The topological polar surface area (TPSA) is 12.0 Å². The first kappa shape index (κ1) is 13.4. The second kappa shape index (κ2) is 5.73. The van der Waals surface area contributed by atoms with Crippen molar-refractivity contribution >= 4 is 0 Å². The molecule has 17 heavy (non-hydrogen) atoms. The van der Waals surface area contributed by atoms with E-state index in [1.165, 1.54) is 57.9 Å². The monoisotopic (exact) mass is 237 g/mol. The molecule has 100 valence electrons. The fourth-order valence-electron chi connectivity index (χ4n) is 3.16. The van der Waals surface area contributed by atoms with Crippen molar-refractivity contribution in [3.8, 4) is 0 Å². The van der Waals surface area contributed by atoms with E-state index in [2.05, 4.69) is 26.1 Å². The summed E-state index contributed by atoms with van der Waals surface area (Å²) in [7, 11) is 0. The zero-order valence-corrected chi connectivity index (χ0v) is 12.1. The third-order valence-electron chi connectivity index (χ3n) is 4.80. The summed E-state index contributed by atoms with van der Waals surface area (Å²) in [5, 5.41) is 3.75. The highest BCUT2D eigenvalue weighted by atomic mass is 14.9. The zero-order valence-electron chi connectivity index (χ0n) is 12.1. The lowest BCUT2D eigenvalue weighted by atomic mass is 9.73. The van der Waals surface area contributed by atoms with Crippen LogP contribution in [-0.4, -0.2) is 12.6 Å². The molecule has 0 aromatic carbocycles. The normalized spacial score (nSPS) is 24.9. The maximum Gasteiger partial charge on any atom is 0.00683 e. The molecule has 1 nitrogen and oxygen atoms in total. The van der Waals surface area contributed by atoms with Crippen LogP contribution in [0.4, 0.5) is 0 Å². The molecule has 1 N–H and O–H groups in total. The summed E-state index contributed by atoms with van der Waals surface area (Å²) in [6.07, 6.45) is 11.7. The van der Waals surface area contributed by atoms with Gasteiger partial charge in [0.25, 0.3) is 0 Å². The van der Waals surface area contributed by atoms with Crippen molar-refractivity contribution in [3.63, 3.8) is 0 Å². The Hall–Kier alpha value is -0.0400. The number of nitrogens with one attached hydrogen (secondary N) is 1. The van der Waals surface area contributed by atoms with Gasteiger partial charge in [0.1, 0.15) is 0 Å². The van der Waals surface area contributed by atoms with Crippen molar-refractivity contribution in [1.82, 2.24) is 5.32 Å². The summed E-state index contributed by atoms with van der Waals surface area (Å²) in [6.45, 7) is 8.53. The molecular weight excluding hydrogens is 206 g/mol. The molecule has 0 aliphatic heterocycles. The first-order valence-corrected chi connectivity index (χ1v) is 7.79. The fraction of sp³-hybridized carbons (Fsp3) is 1.00. The SMILES string of the molecule is CC(C)(C)C(CNC1CC1)CC1CCCCC1. The molecule has 2 saturated carbocycles. The minimum Gasteiger partial charge on any atom is -0.314 e. The van der Waals surface area contributed by atoms with Crippen LogP contribution in [0.15, 0.2) is 0 Å². The summed E-state index contributed by atoms with van der Waals surface area (Å²) in [6, 6.07) is 0.867. The maximum absolute atomic E-state index is 3.75. The van der Waals surface area contributed by atoms with E-state index in [9.17, 15) is 0 Å². The molecule has 0 heterocycles. The van der Waals surface area contributed by atoms with Gasteiger partial charge in [-0.05, 0) is 43.1 Å². The molecule has 0 spiro atoms. The van der Waals surface area contributed by atoms with E-state index in [4.69, 9.17) is 0 Å². The summed E-state index contributed by atoms with van der Waals surface area (Å²) in [5.41, 5.74) is 0.472. The van der Waals surface area contributed by atoms with Gasteiger partial charge in [0.05, 0.1) is 0 Å². The molecule has 1 heteroatoms. The minimum atomic E-state index is 0.472. The Balaban J connectivity index is 1.80. The third-order valence-corrected chi connectivity index (χ3v) is 4.80. The van der Waals surface area contributed by atoms with Crippen molar-refractivity contribution < 1.29 is 0 Å². The predicted molar refractivity (Wildman–Crippen MR) is 75.2 cm³/mol. The summed E-state index contributed by atoms with van der Waals surface area (Å²) >= 11 is 0. The number of hydrogen-bond acceptors (Lipinski definition) is 1. The van der Waals surface area contributed by atoms with Gasteiger partial charge in [-0.3, -0.25) is 0 Å². The smallest absolute Gasteiger partial charge is 0.00683 e. The van der Waals surface area contributed by atoms with Crippen LogP contribution in [0.25, 0.3) is 0 Å². The first-order chi connectivity index (χ1) is 8.05. The van der Waals surface area contributed by atoms with Crippen molar-refractivity contribution in [2.45, 2.75) is 78.2 Å². The Morgan fingerprint density at radius 3 is 2.18 bits per heavy atom. The molecule has 0 aromatic rings. The third kappa shape index (κ3) is 4.62. The Morgan fingerprint density at radius 2 is 1.65 bits per heavy atom. The maximum atomic E-state index is 3.75. The number of rotatable bonds is 5. The lowest BCUT2D eigenvalue weighted by molar-refractivity contribution is 0.170.